The van der Waals surface area contributed by atoms with Gasteiger partial charge in [0.1, 0.15) is 5.82 Å². The Morgan fingerprint density at radius 1 is 1.31 bits per heavy atom. The Labute approximate surface area is 164 Å². The summed E-state index contributed by atoms with van der Waals surface area (Å²) < 4.78 is 26.5. The highest BCUT2D eigenvalue weighted by atomic mass is 19.3. The molecule has 3 aromatic rings. The topological polar surface area (TPSA) is 120 Å². The first-order valence-electron chi connectivity index (χ1n) is 9.30. The van der Waals surface area contributed by atoms with Crippen LogP contribution in [0.2, 0.25) is 0 Å². The van der Waals surface area contributed by atoms with E-state index >= 15 is 0 Å². The minimum atomic E-state index is -2.64. The Balaban J connectivity index is 1.31. The maximum Gasteiger partial charge on any atom is 0.257 e. The summed E-state index contributed by atoms with van der Waals surface area (Å²) in [5.74, 6) is -3.67. The van der Waals surface area contributed by atoms with Crippen molar-refractivity contribution >= 4 is 23.1 Å². The van der Waals surface area contributed by atoms with E-state index in [4.69, 9.17) is 5.73 Å². The van der Waals surface area contributed by atoms with E-state index in [-0.39, 0.29) is 12.3 Å². The van der Waals surface area contributed by atoms with E-state index in [0.29, 0.717) is 17.3 Å². The van der Waals surface area contributed by atoms with E-state index in [9.17, 15) is 8.78 Å². The van der Waals surface area contributed by atoms with Gasteiger partial charge < -0.3 is 15.6 Å². The maximum absolute atomic E-state index is 13.2. The molecule has 0 amide bonds. The van der Waals surface area contributed by atoms with Crippen molar-refractivity contribution in [1.82, 2.24) is 25.5 Å². The van der Waals surface area contributed by atoms with E-state index in [1.165, 1.54) is 0 Å². The number of nitrogens with one attached hydrogen (secondary N) is 4. The number of nitrogens with two attached hydrogens (primary N) is 1. The zero-order valence-electron chi connectivity index (χ0n) is 15.6. The molecule has 2 aromatic heterocycles. The van der Waals surface area contributed by atoms with Crippen LogP contribution in [-0.4, -0.2) is 38.1 Å². The number of H-pyrrole nitrogens is 2. The molecule has 1 saturated carbocycles. The number of benzene rings is 1. The summed E-state index contributed by atoms with van der Waals surface area (Å²) in [7, 11) is 0. The van der Waals surface area contributed by atoms with Crippen LogP contribution in [-0.2, 0) is 0 Å². The zero-order chi connectivity index (χ0) is 20.2. The largest absolute Gasteiger partial charge is 0.345 e. The first-order valence-corrected chi connectivity index (χ1v) is 9.30. The van der Waals surface area contributed by atoms with E-state index < -0.39 is 17.6 Å². The average Bonchev–Trinajstić information content (AvgIpc) is 3.08. The van der Waals surface area contributed by atoms with Gasteiger partial charge in [-0.05, 0) is 23.8 Å². The molecule has 10 heteroatoms. The average molecular weight is 398 g/mol. The molecule has 0 spiro atoms. The van der Waals surface area contributed by atoms with Crippen molar-refractivity contribution in [3.63, 3.8) is 0 Å². The normalized spacial score (nSPS) is 26.1. The molecular weight excluding hydrogens is 378 g/mol. The van der Waals surface area contributed by atoms with Crippen LogP contribution >= 0.6 is 0 Å². The summed E-state index contributed by atoms with van der Waals surface area (Å²) in [5, 5.41) is 13.0. The second-order valence-electron chi connectivity index (χ2n) is 7.56. The SMILES string of the molecule is C[C@@H](c1ccc2nc[nH]c2c1)C1(N)N=CC=C(Nc2cc([C@H]3CC3(F)F)[nH]n2)N1. The molecule has 0 bridgehead atoms. The van der Waals surface area contributed by atoms with Gasteiger partial charge in [0.05, 0.1) is 23.3 Å². The van der Waals surface area contributed by atoms with Crippen LogP contribution in [0.25, 0.3) is 11.0 Å². The van der Waals surface area contributed by atoms with Gasteiger partial charge in [0.25, 0.3) is 5.92 Å². The Bertz CT molecular complexity index is 1130. The van der Waals surface area contributed by atoms with Crippen LogP contribution < -0.4 is 16.4 Å². The highest BCUT2D eigenvalue weighted by molar-refractivity contribution is 5.76. The fraction of sp³-hybridized carbons (Fsp3) is 0.316. The lowest BCUT2D eigenvalue weighted by atomic mass is 9.93. The molecule has 1 aliphatic heterocycles. The summed E-state index contributed by atoms with van der Waals surface area (Å²) in [6.07, 6.45) is 4.84. The molecule has 8 nitrogen and oxygen atoms in total. The molecule has 3 heterocycles. The predicted molar refractivity (Wildman–Crippen MR) is 106 cm³/mol. The summed E-state index contributed by atoms with van der Waals surface area (Å²) in [5.41, 5.74) is 9.77. The molecule has 1 aliphatic carbocycles. The summed E-state index contributed by atoms with van der Waals surface area (Å²) in [4.78, 5) is 11.8. The molecule has 0 radical (unpaired) electrons. The first-order chi connectivity index (χ1) is 13.8. The van der Waals surface area contributed by atoms with Gasteiger partial charge >= 0.3 is 0 Å². The van der Waals surface area contributed by atoms with Crippen molar-refractivity contribution in [1.29, 1.82) is 0 Å². The molecule has 1 aromatic carbocycles. The number of nitrogens with zero attached hydrogens (tertiary/aromatic N) is 3. The number of hydrogen-bond acceptors (Lipinski definition) is 6. The molecule has 3 atom stereocenters. The number of hydrogen-bond donors (Lipinski definition) is 5. The van der Waals surface area contributed by atoms with Crippen LogP contribution in [0, 0.1) is 0 Å². The number of rotatable bonds is 5. The third kappa shape index (κ3) is 3.15. The number of fused-ring (bicyclic) bond motifs is 1. The highest BCUT2D eigenvalue weighted by Crippen LogP contribution is 2.55. The first kappa shape index (κ1) is 17.8. The van der Waals surface area contributed by atoms with Crippen LogP contribution in [0.15, 0.2) is 47.5 Å². The number of imidazole rings is 1. The van der Waals surface area contributed by atoms with Crippen molar-refractivity contribution in [2.24, 2.45) is 10.7 Å². The van der Waals surface area contributed by atoms with Crippen LogP contribution in [0.5, 0.6) is 0 Å². The second kappa shape index (κ2) is 6.11. The second-order valence-corrected chi connectivity index (χ2v) is 7.56. The van der Waals surface area contributed by atoms with Crippen molar-refractivity contribution in [2.45, 2.75) is 36.9 Å². The fourth-order valence-electron chi connectivity index (χ4n) is 3.56. The lowest BCUT2D eigenvalue weighted by molar-refractivity contribution is 0.111. The van der Waals surface area contributed by atoms with E-state index in [0.717, 1.165) is 16.6 Å². The minimum Gasteiger partial charge on any atom is -0.345 e. The van der Waals surface area contributed by atoms with Gasteiger partial charge in [-0.3, -0.25) is 15.8 Å². The number of aliphatic imine (C=N–C) groups is 1. The maximum atomic E-state index is 13.2. The van der Waals surface area contributed by atoms with Gasteiger partial charge in [-0.15, -0.1) is 0 Å². The molecule has 150 valence electrons. The van der Waals surface area contributed by atoms with Crippen LogP contribution in [0.1, 0.15) is 36.4 Å². The number of alkyl halides is 2. The van der Waals surface area contributed by atoms with Crippen LogP contribution in [0.4, 0.5) is 14.6 Å². The molecule has 0 saturated heterocycles. The van der Waals surface area contributed by atoms with Crippen molar-refractivity contribution in [3.8, 4) is 0 Å². The molecule has 1 unspecified atom stereocenters. The lowest BCUT2D eigenvalue weighted by Gasteiger charge is -2.36. The molecule has 29 heavy (non-hydrogen) atoms. The van der Waals surface area contributed by atoms with Gasteiger partial charge in [0, 0.05) is 30.3 Å². The number of halogens is 2. The quantitative estimate of drug-likeness (QED) is 0.453. The lowest BCUT2D eigenvalue weighted by Crippen LogP contribution is -2.57. The zero-order valence-corrected chi connectivity index (χ0v) is 15.6. The Morgan fingerprint density at radius 3 is 2.93 bits per heavy atom. The van der Waals surface area contributed by atoms with Gasteiger partial charge in [-0.2, -0.15) is 5.10 Å². The number of allylic oxidation sites excluding steroid dienone is 1. The van der Waals surface area contributed by atoms with E-state index in [1.54, 1.807) is 24.7 Å². The Morgan fingerprint density at radius 2 is 2.14 bits per heavy atom. The minimum absolute atomic E-state index is 0.146. The molecule has 1 fully saturated rings. The third-order valence-corrected chi connectivity index (χ3v) is 5.53. The van der Waals surface area contributed by atoms with E-state index in [1.807, 2.05) is 25.1 Å². The molecular formula is C19H20F2N8. The Kier molecular flexibility index (Phi) is 3.75. The van der Waals surface area contributed by atoms with Gasteiger partial charge in [-0.1, -0.05) is 13.0 Å². The van der Waals surface area contributed by atoms with Gasteiger partial charge in [-0.25, -0.2) is 13.8 Å². The smallest absolute Gasteiger partial charge is 0.257 e. The Hall–Kier alpha value is -3.27. The highest BCUT2D eigenvalue weighted by Gasteiger charge is 2.58. The van der Waals surface area contributed by atoms with Crippen molar-refractivity contribution in [2.75, 3.05) is 5.32 Å². The van der Waals surface area contributed by atoms with Gasteiger partial charge in [0.15, 0.2) is 11.6 Å². The third-order valence-electron chi connectivity index (χ3n) is 5.53. The van der Waals surface area contributed by atoms with E-state index in [2.05, 4.69) is 35.8 Å². The monoisotopic (exact) mass is 398 g/mol. The van der Waals surface area contributed by atoms with Crippen LogP contribution in [0.3, 0.4) is 0 Å². The summed E-state index contributed by atoms with van der Waals surface area (Å²) in [6, 6.07) is 7.50. The van der Waals surface area contributed by atoms with Gasteiger partial charge in [0.2, 0.25) is 0 Å². The number of anilines is 1. The van der Waals surface area contributed by atoms with Crippen molar-refractivity contribution in [3.05, 3.63) is 53.7 Å². The summed E-state index contributed by atoms with van der Waals surface area (Å²) >= 11 is 0. The van der Waals surface area contributed by atoms with Crippen molar-refractivity contribution < 1.29 is 8.78 Å². The molecule has 5 rings (SSSR count). The molecule has 2 aliphatic rings. The fourth-order valence-corrected chi connectivity index (χ4v) is 3.56. The number of aromatic amines is 2. The standard InChI is InChI=1S/C19H20F2N8/c1-10(11-2-3-13-15(6-11)24-9-23-13)19(22)25-5-4-16(27-19)26-17-7-14(28-29-17)12-8-18(12,20)21/h2-7,9-10,12,27H,8,22H2,1H3,(H,23,24)(H2,26,28,29)/t10-,12+,19?/m0/s1. The number of aromatic nitrogens is 4. The predicted octanol–water partition coefficient (Wildman–Crippen LogP) is 2.75. The summed E-state index contributed by atoms with van der Waals surface area (Å²) in [6.45, 7) is 1.98. The molecule has 6 N–H and O–H groups in total.